The summed E-state index contributed by atoms with van der Waals surface area (Å²) in [7, 11) is 1.35. The maximum absolute atomic E-state index is 12.0. The minimum Gasteiger partial charge on any atom is -0.469 e. The molecule has 0 aromatic carbocycles. The highest BCUT2D eigenvalue weighted by Gasteiger charge is 2.48. The van der Waals surface area contributed by atoms with Crippen LogP contribution in [0.5, 0.6) is 0 Å². The molecular formula is C13H16N2O3S. The van der Waals surface area contributed by atoms with Gasteiger partial charge in [-0.2, -0.15) is 0 Å². The Morgan fingerprint density at radius 3 is 2.84 bits per heavy atom. The molecule has 2 atom stereocenters. The molecule has 2 unspecified atom stereocenters. The van der Waals surface area contributed by atoms with Crippen LogP contribution in [0.1, 0.15) is 25.0 Å². The zero-order valence-corrected chi connectivity index (χ0v) is 11.5. The van der Waals surface area contributed by atoms with Gasteiger partial charge < -0.3 is 10.1 Å². The number of aromatic nitrogens is 1. The van der Waals surface area contributed by atoms with E-state index in [1.165, 1.54) is 24.9 Å². The van der Waals surface area contributed by atoms with E-state index in [0.717, 1.165) is 24.7 Å². The van der Waals surface area contributed by atoms with Gasteiger partial charge in [-0.25, -0.2) is 4.98 Å². The molecule has 1 amide bonds. The molecule has 102 valence electrons. The van der Waals surface area contributed by atoms with Crippen LogP contribution in [0.15, 0.2) is 5.38 Å². The lowest BCUT2D eigenvalue weighted by atomic mass is 10.0. The molecule has 2 saturated carbocycles. The maximum Gasteiger partial charge on any atom is 0.311 e. The molecule has 3 rings (SSSR count). The summed E-state index contributed by atoms with van der Waals surface area (Å²) >= 11 is 1.35. The molecule has 1 heterocycles. The standard InChI is InChI=1S/C13H16N2O3S/c1-18-11(16)5-10-6-19-13(14-10)15-12(17)9-3-7-2-8(7)4-9/h6-9H,2-5H2,1H3,(H,14,15,17). The van der Waals surface area contributed by atoms with Crippen molar-refractivity contribution in [2.75, 3.05) is 12.4 Å². The molecule has 2 aliphatic carbocycles. The first-order valence-corrected chi connectivity index (χ1v) is 7.35. The van der Waals surface area contributed by atoms with Crippen LogP contribution >= 0.6 is 11.3 Å². The molecule has 0 radical (unpaired) electrons. The summed E-state index contributed by atoms with van der Waals surface area (Å²) in [5.74, 6) is 1.49. The topological polar surface area (TPSA) is 68.3 Å². The van der Waals surface area contributed by atoms with E-state index in [4.69, 9.17) is 0 Å². The molecule has 1 aromatic heterocycles. The number of hydrogen-bond donors (Lipinski definition) is 1. The van der Waals surface area contributed by atoms with E-state index in [0.29, 0.717) is 10.8 Å². The van der Waals surface area contributed by atoms with Gasteiger partial charge in [0.1, 0.15) is 0 Å². The van der Waals surface area contributed by atoms with Gasteiger partial charge in [0, 0.05) is 11.3 Å². The van der Waals surface area contributed by atoms with Crippen LogP contribution in [-0.4, -0.2) is 24.0 Å². The van der Waals surface area contributed by atoms with Gasteiger partial charge in [-0.15, -0.1) is 11.3 Å². The van der Waals surface area contributed by atoms with E-state index in [1.54, 1.807) is 5.38 Å². The van der Waals surface area contributed by atoms with Gasteiger partial charge in [-0.3, -0.25) is 9.59 Å². The van der Waals surface area contributed by atoms with E-state index in [2.05, 4.69) is 15.0 Å². The monoisotopic (exact) mass is 280 g/mol. The summed E-state index contributed by atoms with van der Waals surface area (Å²) in [5, 5.41) is 5.20. The van der Waals surface area contributed by atoms with Gasteiger partial charge in [0.2, 0.25) is 5.91 Å². The first-order chi connectivity index (χ1) is 9.15. The number of methoxy groups -OCH3 is 1. The van der Waals surface area contributed by atoms with Crippen molar-refractivity contribution in [1.29, 1.82) is 0 Å². The fourth-order valence-electron chi connectivity index (χ4n) is 2.80. The summed E-state index contributed by atoms with van der Waals surface area (Å²) in [6.45, 7) is 0. The minimum atomic E-state index is -0.320. The Hall–Kier alpha value is -1.43. The maximum atomic E-state index is 12.0. The van der Waals surface area contributed by atoms with Crippen molar-refractivity contribution in [3.05, 3.63) is 11.1 Å². The zero-order valence-electron chi connectivity index (χ0n) is 10.7. The predicted octanol–water partition coefficient (Wildman–Crippen LogP) is 1.84. The smallest absolute Gasteiger partial charge is 0.311 e. The van der Waals surface area contributed by atoms with Crippen molar-refractivity contribution < 1.29 is 14.3 Å². The van der Waals surface area contributed by atoms with Gasteiger partial charge in [-0.05, 0) is 31.1 Å². The second kappa shape index (κ2) is 4.92. The van der Waals surface area contributed by atoms with Crippen molar-refractivity contribution >= 4 is 28.3 Å². The number of nitrogens with zero attached hydrogens (tertiary/aromatic N) is 1. The average molecular weight is 280 g/mol. The third-order valence-electron chi connectivity index (χ3n) is 3.95. The SMILES string of the molecule is COC(=O)Cc1csc(NC(=O)C2CC3CC3C2)n1. The van der Waals surface area contributed by atoms with Crippen molar-refractivity contribution in [1.82, 2.24) is 4.98 Å². The molecule has 0 saturated heterocycles. The third kappa shape index (κ3) is 2.78. The molecule has 2 fully saturated rings. The molecule has 0 spiro atoms. The van der Waals surface area contributed by atoms with Gasteiger partial charge in [0.05, 0.1) is 19.2 Å². The van der Waals surface area contributed by atoms with E-state index in [9.17, 15) is 9.59 Å². The largest absolute Gasteiger partial charge is 0.469 e. The van der Waals surface area contributed by atoms with Crippen LogP contribution in [0.25, 0.3) is 0 Å². The van der Waals surface area contributed by atoms with Crippen molar-refractivity contribution in [3.8, 4) is 0 Å². The van der Waals surface area contributed by atoms with E-state index in [1.807, 2.05) is 0 Å². The number of amides is 1. The van der Waals surface area contributed by atoms with Gasteiger partial charge in [-0.1, -0.05) is 0 Å². The summed E-state index contributed by atoms with van der Waals surface area (Å²) in [6, 6.07) is 0. The Labute approximate surface area is 115 Å². The third-order valence-corrected chi connectivity index (χ3v) is 4.76. The molecule has 2 aliphatic rings. The highest BCUT2D eigenvalue weighted by atomic mass is 32.1. The first kappa shape index (κ1) is 12.6. The predicted molar refractivity (Wildman–Crippen MR) is 70.8 cm³/mol. The molecule has 6 heteroatoms. The summed E-state index contributed by atoms with van der Waals surface area (Å²) in [5.41, 5.74) is 0.640. The van der Waals surface area contributed by atoms with Gasteiger partial charge >= 0.3 is 5.97 Å². The molecule has 0 aliphatic heterocycles. The molecule has 1 aromatic rings. The number of ether oxygens (including phenoxy) is 1. The number of nitrogens with one attached hydrogen (secondary N) is 1. The number of esters is 1. The zero-order chi connectivity index (χ0) is 13.4. The van der Waals surface area contributed by atoms with Crippen LogP contribution in [0.4, 0.5) is 5.13 Å². The first-order valence-electron chi connectivity index (χ1n) is 6.47. The number of hydrogen-bond acceptors (Lipinski definition) is 5. The molecular weight excluding hydrogens is 264 g/mol. The number of rotatable bonds is 4. The fourth-order valence-corrected chi connectivity index (χ4v) is 3.52. The Balaban J connectivity index is 1.54. The summed E-state index contributed by atoms with van der Waals surface area (Å²) in [4.78, 5) is 27.4. The average Bonchev–Trinajstić information content (AvgIpc) is 2.81. The number of thiazole rings is 1. The van der Waals surface area contributed by atoms with Gasteiger partial charge in [0.15, 0.2) is 5.13 Å². The lowest BCUT2D eigenvalue weighted by molar-refractivity contribution is -0.139. The Morgan fingerprint density at radius 1 is 1.42 bits per heavy atom. The minimum absolute atomic E-state index is 0.0752. The quantitative estimate of drug-likeness (QED) is 0.855. The highest BCUT2D eigenvalue weighted by Crippen LogP contribution is 2.54. The Morgan fingerprint density at radius 2 is 2.16 bits per heavy atom. The summed E-state index contributed by atoms with van der Waals surface area (Å²) < 4.78 is 4.58. The van der Waals surface area contributed by atoms with Crippen LogP contribution in [0.3, 0.4) is 0 Å². The van der Waals surface area contributed by atoms with E-state index < -0.39 is 0 Å². The number of carbonyl (C=O) groups excluding carboxylic acids is 2. The lowest BCUT2D eigenvalue weighted by Crippen LogP contribution is -2.21. The fraction of sp³-hybridized carbons (Fsp3) is 0.615. The Kier molecular flexibility index (Phi) is 3.26. The van der Waals surface area contributed by atoms with Crippen LogP contribution in [0, 0.1) is 17.8 Å². The number of carbonyl (C=O) groups is 2. The summed E-state index contributed by atoms with van der Waals surface area (Å²) in [6.07, 6.45) is 3.51. The molecule has 5 nitrogen and oxygen atoms in total. The van der Waals surface area contributed by atoms with E-state index in [-0.39, 0.29) is 24.2 Å². The van der Waals surface area contributed by atoms with Crippen molar-refractivity contribution in [2.24, 2.45) is 17.8 Å². The molecule has 0 bridgehead atoms. The lowest BCUT2D eigenvalue weighted by Gasteiger charge is -2.09. The van der Waals surface area contributed by atoms with Gasteiger partial charge in [0.25, 0.3) is 0 Å². The number of fused-ring (bicyclic) bond motifs is 1. The molecule has 1 N–H and O–H groups in total. The Bertz CT molecular complexity index is 504. The second-order valence-corrected chi connectivity index (χ2v) is 6.17. The van der Waals surface area contributed by atoms with E-state index >= 15 is 0 Å². The van der Waals surface area contributed by atoms with Crippen LogP contribution in [-0.2, 0) is 20.7 Å². The second-order valence-electron chi connectivity index (χ2n) is 5.31. The number of anilines is 1. The van der Waals surface area contributed by atoms with Crippen molar-refractivity contribution in [3.63, 3.8) is 0 Å². The van der Waals surface area contributed by atoms with Crippen LogP contribution < -0.4 is 5.32 Å². The normalized spacial score (nSPS) is 27.7. The van der Waals surface area contributed by atoms with Crippen LogP contribution in [0.2, 0.25) is 0 Å². The highest BCUT2D eigenvalue weighted by molar-refractivity contribution is 7.13. The van der Waals surface area contributed by atoms with Crippen molar-refractivity contribution in [2.45, 2.75) is 25.7 Å². The molecule has 19 heavy (non-hydrogen) atoms.